The largest absolute Gasteiger partial charge is 0.333 e. The highest BCUT2D eigenvalue weighted by atomic mass is 35.5. The summed E-state index contributed by atoms with van der Waals surface area (Å²) in [5.74, 6) is 0. The molecule has 0 atom stereocenters. The zero-order valence-corrected chi connectivity index (χ0v) is 18.5. The second kappa shape index (κ2) is 8.31. The molecule has 4 aromatic rings. The van der Waals surface area contributed by atoms with E-state index in [4.69, 9.17) is 23.2 Å². The van der Waals surface area contributed by atoms with E-state index in [1.54, 1.807) is 24.3 Å². The highest BCUT2D eigenvalue weighted by Gasteiger charge is 2.20. The van der Waals surface area contributed by atoms with E-state index >= 15 is 0 Å². The Bertz CT molecular complexity index is 1480. The highest BCUT2D eigenvalue weighted by Crippen LogP contribution is 2.26. The molecule has 0 radical (unpaired) electrons. The van der Waals surface area contributed by atoms with Crippen molar-refractivity contribution in [3.63, 3.8) is 0 Å². The molecule has 2 heterocycles. The van der Waals surface area contributed by atoms with Gasteiger partial charge in [0.05, 0.1) is 25.9 Å². The zero-order valence-electron chi connectivity index (χ0n) is 15.4. The number of carbonyl (C=O) groups excluding carboxylic acids is 1. The van der Waals surface area contributed by atoms with Crippen LogP contribution < -0.4 is 15.6 Å². The number of hydrogen-bond donors (Lipinski definition) is 2. The van der Waals surface area contributed by atoms with E-state index in [1.165, 1.54) is 41.2 Å². The molecule has 0 unspecified atom stereocenters. The van der Waals surface area contributed by atoms with Gasteiger partial charge >= 0.3 is 6.03 Å². The van der Waals surface area contributed by atoms with Crippen molar-refractivity contribution in [1.82, 2.24) is 14.3 Å². The van der Waals surface area contributed by atoms with Crippen molar-refractivity contribution < 1.29 is 13.2 Å². The van der Waals surface area contributed by atoms with Crippen LogP contribution in [0.3, 0.4) is 0 Å². The lowest BCUT2D eigenvalue weighted by atomic mass is 10.2. The van der Waals surface area contributed by atoms with Crippen LogP contribution in [0, 0.1) is 0 Å². The van der Waals surface area contributed by atoms with Crippen molar-refractivity contribution >= 4 is 67.2 Å². The van der Waals surface area contributed by atoms with Crippen molar-refractivity contribution in [2.75, 3.05) is 5.32 Å². The number of nitrogens with zero attached hydrogens (tertiary/aromatic N) is 2. The van der Waals surface area contributed by atoms with Gasteiger partial charge in [-0.1, -0.05) is 35.3 Å². The number of halogens is 2. The van der Waals surface area contributed by atoms with E-state index in [-0.39, 0.29) is 24.8 Å². The van der Waals surface area contributed by atoms with Crippen LogP contribution in [0.2, 0.25) is 9.36 Å². The third kappa shape index (κ3) is 4.42. The number of amides is 2. The first kappa shape index (κ1) is 21.3. The lowest BCUT2D eigenvalue weighted by Gasteiger charge is -2.11. The van der Waals surface area contributed by atoms with E-state index in [0.29, 0.717) is 16.6 Å². The predicted molar refractivity (Wildman–Crippen MR) is 121 cm³/mol. The molecule has 0 aliphatic heterocycles. The van der Waals surface area contributed by atoms with Gasteiger partial charge < -0.3 is 5.32 Å². The third-order valence-corrected chi connectivity index (χ3v) is 7.53. The topological polar surface area (TPSA) is 110 Å². The minimum Gasteiger partial charge on any atom is -0.307 e. The lowest BCUT2D eigenvalue weighted by molar-refractivity contribution is 0.256. The minimum absolute atomic E-state index is 0.0933. The molecule has 2 N–H and O–H groups in total. The number of aromatic nitrogens is 2. The highest BCUT2D eigenvalue weighted by molar-refractivity contribution is 7.92. The Balaban J connectivity index is 1.56. The summed E-state index contributed by atoms with van der Waals surface area (Å²) < 4.78 is 27.8. The molecule has 0 saturated heterocycles. The first-order valence-corrected chi connectivity index (χ1v) is 11.7. The van der Waals surface area contributed by atoms with Crippen LogP contribution in [0.4, 0.5) is 10.5 Å². The number of fused-ring (bicyclic) bond motifs is 1. The van der Waals surface area contributed by atoms with E-state index in [1.807, 2.05) is 4.72 Å². The van der Waals surface area contributed by atoms with Gasteiger partial charge in [-0.3, -0.25) is 9.36 Å². The van der Waals surface area contributed by atoms with Crippen molar-refractivity contribution in [2.45, 2.75) is 4.21 Å². The van der Waals surface area contributed by atoms with E-state index in [0.717, 1.165) is 11.3 Å². The number of carbonyl (C=O) groups is 1. The number of rotatable bonds is 4. The molecule has 0 saturated carbocycles. The minimum atomic E-state index is -4.06. The van der Waals surface area contributed by atoms with E-state index < -0.39 is 16.1 Å². The number of urea groups is 1. The summed E-state index contributed by atoms with van der Waals surface area (Å²) in [6.07, 6.45) is 1.37. The molecule has 158 valence electrons. The van der Waals surface area contributed by atoms with Gasteiger partial charge in [-0.15, -0.1) is 11.3 Å². The van der Waals surface area contributed by atoms with Gasteiger partial charge in [-0.05, 0) is 42.5 Å². The second-order valence-corrected chi connectivity index (χ2v) is 10.3. The smallest absolute Gasteiger partial charge is 0.307 e. The van der Waals surface area contributed by atoms with Crippen LogP contribution in [0.5, 0.6) is 0 Å². The van der Waals surface area contributed by atoms with Crippen molar-refractivity contribution in [2.24, 2.45) is 0 Å². The number of anilines is 1. The fraction of sp³-hybridized carbons (Fsp3) is 0. The summed E-state index contributed by atoms with van der Waals surface area (Å²) in [5, 5.41) is 2.98. The summed E-state index contributed by atoms with van der Waals surface area (Å²) in [5.41, 5.74) is 0.846. The lowest BCUT2D eigenvalue weighted by Crippen LogP contribution is -2.33. The fourth-order valence-electron chi connectivity index (χ4n) is 2.79. The fourth-order valence-corrected chi connectivity index (χ4v) is 5.45. The summed E-state index contributed by atoms with van der Waals surface area (Å²) >= 11 is 12.9. The monoisotopic (exact) mass is 494 g/mol. The maximum Gasteiger partial charge on any atom is 0.333 e. The van der Waals surface area contributed by atoms with Crippen LogP contribution in [0.15, 0.2) is 69.9 Å². The number of benzene rings is 2. The number of hydrogen-bond acceptors (Lipinski definition) is 6. The molecule has 0 spiro atoms. The number of para-hydroxylation sites is 1. The maximum atomic E-state index is 12.7. The van der Waals surface area contributed by atoms with E-state index in [9.17, 15) is 18.0 Å². The van der Waals surface area contributed by atoms with E-state index in [2.05, 4.69) is 10.3 Å². The van der Waals surface area contributed by atoms with Gasteiger partial charge in [0.1, 0.15) is 10.5 Å². The Morgan fingerprint density at radius 1 is 1.06 bits per heavy atom. The average molecular weight is 495 g/mol. The number of nitrogens with one attached hydrogen (secondary N) is 2. The molecule has 4 rings (SSSR count). The quantitative estimate of drug-likeness (QED) is 0.440. The number of thiophene rings is 1. The molecule has 2 aromatic heterocycles. The predicted octanol–water partition coefficient (Wildman–Crippen LogP) is 4.26. The molecule has 2 amide bonds. The van der Waals surface area contributed by atoms with Crippen LogP contribution in [-0.2, 0) is 10.0 Å². The molecular weight excluding hydrogens is 483 g/mol. The Labute approximate surface area is 190 Å². The normalized spacial score (nSPS) is 11.4. The van der Waals surface area contributed by atoms with Crippen LogP contribution in [0.1, 0.15) is 0 Å². The molecule has 8 nitrogen and oxygen atoms in total. The van der Waals surface area contributed by atoms with Gasteiger partial charge in [0.15, 0.2) is 0 Å². The van der Waals surface area contributed by atoms with Crippen LogP contribution in [0.25, 0.3) is 16.6 Å². The van der Waals surface area contributed by atoms with Crippen molar-refractivity contribution in [1.29, 1.82) is 0 Å². The molecule has 0 bridgehead atoms. The van der Waals surface area contributed by atoms with Crippen LogP contribution in [-0.4, -0.2) is 24.0 Å². The summed E-state index contributed by atoms with van der Waals surface area (Å²) in [6.45, 7) is 0. The van der Waals surface area contributed by atoms with Gasteiger partial charge in [0.25, 0.3) is 15.6 Å². The second-order valence-electron chi connectivity index (χ2n) is 6.22. The molecule has 12 heteroatoms. The Morgan fingerprint density at radius 2 is 1.84 bits per heavy atom. The Kier molecular flexibility index (Phi) is 5.71. The van der Waals surface area contributed by atoms with Gasteiger partial charge in [0, 0.05) is 5.69 Å². The molecule has 0 aliphatic carbocycles. The summed E-state index contributed by atoms with van der Waals surface area (Å²) in [6, 6.07) is 13.0. The molecule has 0 aliphatic rings. The standard InChI is InChI=1S/C19H12Cl2N4O4S2/c20-13-9-11(23-19(27)24-31(28,29)17-8-7-16(21)30-17)5-6-15(13)25-10-22-14-4-2-1-3-12(14)18(25)26/h1-10H,(H2,23,24,27). The Hall–Kier alpha value is -2.92. The van der Waals surface area contributed by atoms with Crippen molar-refractivity contribution in [3.8, 4) is 5.69 Å². The van der Waals surface area contributed by atoms with Gasteiger partial charge in [0.2, 0.25) is 0 Å². The van der Waals surface area contributed by atoms with Gasteiger partial charge in [-0.2, -0.15) is 0 Å². The maximum absolute atomic E-state index is 12.7. The molecule has 0 fully saturated rings. The first-order valence-electron chi connectivity index (χ1n) is 8.60. The summed E-state index contributed by atoms with van der Waals surface area (Å²) in [4.78, 5) is 29.1. The van der Waals surface area contributed by atoms with Crippen molar-refractivity contribution in [3.05, 3.63) is 80.6 Å². The Morgan fingerprint density at radius 3 is 2.55 bits per heavy atom. The molecule has 2 aromatic carbocycles. The van der Waals surface area contributed by atoms with Gasteiger partial charge in [-0.25, -0.2) is 22.9 Å². The SMILES string of the molecule is O=C(Nc1ccc(-n2cnc3ccccc3c2=O)c(Cl)c1)NS(=O)(=O)c1ccc(Cl)s1. The first-order chi connectivity index (χ1) is 14.7. The number of sulfonamides is 1. The summed E-state index contributed by atoms with van der Waals surface area (Å²) in [7, 11) is -4.06. The molecule has 31 heavy (non-hydrogen) atoms. The zero-order chi connectivity index (χ0) is 22.2. The third-order valence-electron chi connectivity index (χ3n) is 4.17. The van der Waals surface area contributed by atoms with Crippen LogP contribution >= 0.6 is 34.5 Å². The molecular formula is C19H12Cl2N4O4S2. The average Bonchev–Trinajstić information content (AvgIpc) is 3.16.